The van der Waals surface area contributed by atoms with Crippen LogP contribution < -0.4 is 10.8 Å². The van der Waals surface area contributed by atoms with E-state index in [2.05, 4.69) is 45.8 Å². The molecule has 1 aliphatic heterocycles. The van der Waals surface area contributed by atoms with E-state index in [1.807, 2.05) is 29.3 Å². The van der Waals surface area contributed by atoms with Gasteiger partial charge in [0.1, 0.15) is 12.8 Å². The van der Waals surface area contributed by atoms with E-state index < -0.39 is 6.10 Å². The third kappa shape index (κ3) is 5.05. The number of rotatable bonds is 8. The summed E-state index contributed by atoms with van der Waals surface area (Å²) in [6.45, 7) is 9.85. The molecule has 1 atom stereocenters. The van der Waals surface area contributed by atoms with Crippen LogP contribution in [0.3, 0.4) is 0 Å². The van der Waals surface area contributed by atoms with Crippen LogP contribution in [0.1, 0.15) is 37.0 Å². The van der Waals surface area contributed by atoms with Gasteiger partial charge in [-0.2, -0.15) is 5.10 Å². The molecule has 9 nitrogen and oxygen atoms in total. The maximum absolute atomic E-state index is 13.3. The number of likely N-dealkylation sites (tertiary alicyclic amines) is 1. The fourth-order valence-electron chi connectivity index (χ4n) is 4.35. The van der Waals surface area contributed by atoms with Gasteiger partial charge in [-0.1, -0.05) is 6.07 Å². The molecule has 0 spiro atoms. The summed E-state index contributed by atoms with van der Waals surface area (Å²) >= 11 is 0. The zero-order chi connectivity index (χ0) is 24.9. The fourth-order valence-corrected chi connectivity index (χ4v) is 4.35. The lowest BCUT2D eigenvalue weighted by atomic mass is 10.0. The Kier molecular flexibility index (Phi) is 7.45. The summed E-state index contributed by atoms with van der Waals surface area (Å²) in [4.78, 5) is 31.6. The summed E-state index contributed by atoms with van der Waals surface area (Å²) in [7, 11) is 1.48. The summed E-state index contributed by atoms with van der Waals surface area (Å²) in [6.07, 6.45) is 5.31. The molecule has 3 heterocycles. The Labute approximate surface area is 204 Å². The van der Waals surface area contributed by atoms with Gasteiger partial charge >= 0.3 is 0 Å². The predicted molar refractivity (Wildman–Crippen MR) is 136 cm³/mol. The fraction of sp³-hybridized carbons (Fsp3) is 0.385. The number of hydrogen-bond acceptors (Lipinski definition) is 5. The van der Waals surface area contributed by atoms with Crippen molar-refractivity contribution in [2.75, 3.05) is 26.9 Å². The molecule has 0 saturated carbocycles. The van der Waals surface area contributed by atoms with Crippen molar-refractivity contribution in [3.8, 4) is 11.1 Å². The quantitative estimate of drug-likeness (QED) is 0.507. The molecule has 1 fully saturated rings. The van der Waals surface area contributed by atoms with Crippen LogP contribution in [-0.2, 0) is 16.1 Å². The van der Waals surface area contributed by atoms with Gasteiger partial charge in [0.25, 0.3) is 5.91 Å². The van der Waals surface area contributed by atoms with Crippen molar-refractivity contribution < 1.29 is 14.3 Å². The van der Waals surface area contributed by atoms with Gasteiger partial charge in [-0.05, 0) is 62.1 Å². The van der Waals surface area contributed by atoms with Gasteiger partial charge in [-0.15, -0.1) is 0 Å². The van der Waals surface area contributed by atoms with Crippen LogP contribution in [0, 0.1) is 0 Å². The lowest BCUT2D eigenvalue weighted by Gasteiger charge is -2.14. The van der Waals surface area contributed by atoms with Crippen molar-refractivity contribution in [1.29, 1.82) is 0 Å². The van der Waals surface area contributed by atoms with Crippen molar-refractivity contribution in [2.24, 2.45) is 10.1 Å². The summed E-state index contributed by atoms with van der Waals surface area (Å²) in [5.41, 5.74) is 4.21. The molecule has 4 rings (SSSR count). The molecule has 9 heteroatoms. The predicted octanol–water partition coefficient (Wildman–Crippen LogP) is 2.84. The van der Waals surface area contributed by atoms with Gasteiger partial charge in [0.2, 0.25) is 5.91 Å². The number of hydrogen-bond donors (Lipinski definition) is 1. The minimum absolute atomic E-state index is 0.0817. The first-order chi connectivity index (χ1) is 17.0. The smallest absolute Gasteiger partial charge is 0.256 e. The number of fused-ring (bicyclic) bond motifs is 1. The lowest BCUT2D eigenvalue weighted by molar-refractivity contribution is -0.129. The molecule has 0 bridgehead atoms. The number of methoxy groups -OCH3 is 1. The molecule has 35 heavy (non-hydrogen) atoms. The molecule has 1 N–H and O–H groups in total. The number of carbonyl (C=O) groups excluding carboxylic acids is 2. The number of nitrogens with one attached hydrogen (secondary N) is 1. The van der Waals surface area contributed by atoms with E-state index in [4.69, 9.17) is 4.74 Å². The van der Waals surface area contributed by atoms with Crippen molar-refractivity contribution in [3.63, 3.8) is 0 Å². The number of benzene rings is 1. The van der Waals surface area contributed by atoms with Gasteiger partial charge in [0, 0.05) is 56.8 Å². The second-order valence-corrected chi connectivity index (χ2v) is 8.55. The second kappa shape index (κ2) is 10.7. The summed E-state index contributed by atoms with van der Waals surface area (Å²) in [5, 5.41) is 7.65. The molecule has 0 aliphatic carbocycles. The first kappa shape index (κ1) is 24.4. The molecule has 0 unspecified atom stereocenters. The van der Waals surface area contributed by atoms with E-state index in [-0.39, 0.29) is 18.5 Å². The Bertz CT molecular complexity index is 1320. The van der Waals surface area contributed by atoms with Crippen LogP contribution in [0.5, 0.6) is 0 Å². The van der Waals surface area contributed by atoms with Crippen LogP contribution in [0.4, 0.5) is 0 Å². The summed E-state index contributed by atoms with van der Waals surface area (Å²) < 4.78 is 8.69. The van der Waals surface area contributed by atoms with Crippen molar-refractivity contribution in [1.82, 2.24) is 19.5 Å². The highest BCUT2D eigenvalue weighted by Gasteiger charge is 2.23. The Morgan fingerprint density at radius 1 is 1.17 bits per heavy atom. The van der Waals surface area contributed by atoms with Gasteiger partial charge in [0.05, 0.1) is 5.56 Å². The third-order valence-corrected chi connectivity index (χ3v) is 6.46. The number of amides is 2. The van der Waals surface area contributed by atoms with Gasteiger partial charge in [0.15, 0.2) is 5.49 Å². The highest BCUT2D eigenvalue weighted by atomic mass is 16.5. The highest BCUT2D eigenvalue weighted by molar-refractivity contribution is 6.08. The average Bonchev–Trinajstić information content (AvgIpc) is 3.55. The van der Waals surface area contributed by atoms with E-state index in [1.54, 1.807) is 17.8 Å². The Balaban J connectivity index is 1.70. The molecule has 2 amide bonds. The van der Waals surface area contributed by atoms with Crippen LogP contribution in [0.2, 0.25) is 0 Å². The van der Waals surface area contributed by atoms with Crippen LogP contribution >= 0.6 is 0 Å². The maximum atomic E-state index is 13.3. The van der Waals surface area contributed by atoms with E-state index in [0.29, 0.717) is 5.49 Å². The Hall–Kier alpha value is -3.72. The SMILES string of the molecule is C=Nn1ccc(-c2ccc3c(c2)c(C(=O)N2CCCC2)cn3CC)cc1=NCNC(=O)[C@H](C)OC. The van der Waals surface area contributed by atoms with Gasteiger partial charge < -0.3 is 19.5 Å². The normalized spacial score (nSPS) is 14.9. The number of aryl methyl sites for hydroxylation is 1. The van der Waals surface area contributed by atoms with Gasteiger partial charge in [-0.3, -0.25) is 9.59 Å². The molecule has 184 valence electrons. The Morgan fingerprint density at radius 2 is 1.91 bits per heavy atom. The monoisotopic (exact) mass is 476 g/mol. The zero-order valence-corrected chi connectivity index (χ0v) is 20.5. The first-order valence-electron chi connectivity index (χ1n) is 11.9. The number of carbonyl (C=O) groups is 2. The first-order valence-corrected chi connectivity index (χ1v) is 11.9. The van der Waals surface area contributed by atoms with E-state index in [9.17, 15) is 9.59 Å². The average molecular weight is 477 g/mol. The standard InChI is InChI=1S/C26H32N6O3/c1-5-30-16-22(26(34)31-11-6-7-12-31)21-14-19(8-9-23(21)30)20-10-13-32(27-3)24(15-20)28-17-29-25(33)18(2)35-4/h8-10,13-16,18H,3,5-7,11-12,17H2,1-2,4H3,(H,29,33)/t18-/m0/s1. The van der Waals surface area contributed by atoms with Gasteiger partial charge in [-0.25, -0.2) is 9.67 Å². The van der Waals surface area contributed by atoms with Crippen molar-refractivity contribution in [2.45, 2.75) is 39.3 Å². The molecule has 1 saturated heterocycles. The third-order valence-electron chi connectivity index (χ3n) is 6.46. The van der Waals surface area contributed by atoms with Crippen LogP contribution in [-0.4, -0.2) is 65.6 Å². The molecular weight excluding hydrogens is 444 g/mol. The summed E-state index contributed by atoms with van der Waals surface area (Å²) in [6, 6.07) is 9.99. The lowest BCUT2D eigenvalue weighted by Crippen LogP contribution is -2.34. The molecule has 3 aromatic rings. The number of nitrogens with zero attached hydrogens (tertiary/aromatic N) is 5. The van der Waals surface area contributed by atoms with Crippen molar-refractivity contribution in [3.05, 3.63) is 53.8 Å². The molecular formula is C26H32N6O3. The van der Waals surface area contributed by atoms with E-state index in [0.717, 1.165) is 60.1 Å². The largest absolute Gasteiger partial charge is 0.372 e. The molecule has 0 radical (unpaired) electrons. The zero-order valence-electron chi connectivity index (χ0n) is 20.5. The number of pyridine rings is 1. The van der Waals surface area contributed by atoms with Crippen molar-refractivity contribution >= 4 is 29.4 Å². The maximum Gasteiger partial charge on any atom is 0.256 e. The highest BCUT2D eigenvalue weighted by Crippen LogP contribution is 2.29. The molecule has 1 aliphatic rings. The molecule has 1 aromatic carbocycles. The number of aromatic nitrogens is 2. The molecule has 2 aromatic heterocycles. The van der Waals surface area contributed by atoms with E-state index in [1.165, 1.54) is 7.11 Å². The second-order valence-electron chi connectivity index (χ2n) is 8.55. The minimum Gasteiger partial charge on any atom is -0.372 e. The van der Waals surface area contributed by atoms with Crippen LogP contribution in [0.25, 0.3) is 22.0 Å². The van der Waals surface area contributed by atoms with Crippen LogP contribution in [0.15, 0.2) is 52.8 Å². The minimum atomic E-state index is -0.555. The number of ether oxygens (including phenoxy) is 1. The Morgan fingerprint density at radius 3 is 2.60 bits per heavy atom. The van der Waals surface area contributed by atoms with E-state index >= 15 is 0 Å². The summed E-state index contributed by atoms with van der Waals surface area (Å²) in [5.74, 6) is -0.151. The topological polar surface area (TPSA) is 93.2 Å².